The number of carbonyl (C=O) groups excluding carboxylic acids is 1. The average Bonchev–Trinajstić information content (AvgIpc) is 3.20. The third-order valence-electron chi connectivity index (χ3n) is 5.53. The molecular weight excluding hydrogens is 383 g/mol. The zero-order valence-corrected chi connectivity index (χ0v) is 15.9. The van der Waals surface area contributed by atoms with Gasteiger partial charge in [0, 0.05) is 37.1 Å². The summed E-state index contributed by atoms with van der Waals surface area (Å²) in [5.41, 5.74) is 2.87. The summed E-state index contributed by atoms with van der Waals surface area (Å²) in [4.78, 5) is 25.9. The van der Waals surface area contributed by atoms with Crippen molar-refractivity contribution in [3.05, 3.63) is 35.7 Å². The van der Waals surface area contributed by atoms with Gasteiger partial charge in [0.15, 0.2) is 5.82 Å². The Morgan fingerprint density at radius 2 is 1.97 bits per heavy atom. The van der Waals surface area contributed by atoms with E-state index in [2.05, 4.69) is 20.3 Å². The maximum atomic E-state index is 12.6. The maximum absolute atomic E-state index is 12.6. The molecule has 1 aliphatic heterocycles. The second-order valence-electron chi connectivity index (χ2n) is 7.50. The molecule has 2 aliphatic rings. The molecule has 6 nitrogen and oxygen atoms in total. The van der Waals surface area contributed by atoms with Crippen molar-refractivity contribution >= 4 is 11.7 Å². The number of piperidine rings is 1. The highest BCUT2D eigenvalue weighted by molar-refractivity contribution is 5.81. The predicted octanol–water partition coefficient (Wildman–Crippen LogP) is 3.24. The van der Waals surface area contributed by atoms with Crippen LogP contribution in [-0.4, -0.2) is 51.6 Å². The van der Waals surface area contributed by atoms with E-state index in [4.69, 9.17) is 0 Å². The summed E-state index contributed by atoms with van der Waals surface area (Å²) in [6, 6.07) is 5.60. The molecule has 0 aromatic carbocycles. The molecule has 29 heavy (non-hydrogen) atoms. The second-order valence-corrected chi connectivity index (χ2v) is 7.50. The van der Waals surface area contributed by atoms with E-state index in [0.29, 0.717) is 30.9 Å². The van der Waals surface area contributed by atoms with Crippen molar-refractivity contribution < 1.29 is 18.0 Å². The molecule has 0 radical (unpaired) electrons. The van der Waals surface area contributed by atoms with Gasteiger partial charge in [-0.1, -0.05) is 6.07 Å². The van der Waals surface area contributed by atoms with Gasteiger partial charge < -0.3 is 10.2 Å². The van der Waals surface area contributed by atoms with Gasteiger partial charge in [-0.05, 0) is 50.2 Å². The van der Waals surface area contributed by atoms with Crippen LogP contribution < -0.4 is 5.32 Å². The monoisotopic (exact) mass is 405 g/mol. The summed E-state index contributed by atoms with van der Waals surface area (Å²) in [6.07, 6.45) is 0.833. The molecule has 9 heteroatoms. The number of alkyl halides is 3. The van der Waals surface area contributed by atoms with Crippen molar-refractivity contribution in [2.75, 3.05) is 25.0 Å². The van der Waals surface area contributed by atoms with E-state index in [-0.39, 0.29) is 19.0 Å². The van der Waals surface area contributed by atoms with Crippen molar-refractivity contribution in [3.63, 3.8) is 0 Å². The topological polar surface area (TPSA) is 71.0 Å². The Hall–Kier alpha value is -2.71. The summed E-state index contributed by atoms with van der Waals surface area (Å²) < 4.78 is 37.7. The van der Waals surface area contributed by atoms with Crippen LogP contribution in [0.1, 0.15) is 30.5 Å². The maximum Gasteiger partial charge on any atom is 0.471 e. The Bertz CT molecular complexity index is 880. The first-order valence-corrected chi connectivity index (χ1v) is 9.83. The molecule has 154 valence electrons. The van der Waals surface area contributed by atoms with Crippen molar-refractivity contribution in [2.45, 2.75) is 38.3 Å². The molecule has 2 aromatic heterocycles. The Morgan fingerprint density at radius 1 is 1.17 bits per heavy atom. The summed E-state index contributed by atoms with van der Waals surface area (Å²) >= 11 is 0. The molecule has 0 bridgehead atoms. The molecule has 3 heterocycles. The molecule has 0 unspecified atom stereocenters. The van der Waals surface area contributed by atoms with Crippen LogP contribution in [0.4, 0.5) is 19.0 Å². The minimum Gasteiger partial charge on any atom is -0.369 e. The molecule has 2 aromatic rings. The van der Waals surface area contributed by atoms with Crippen molar-refractivity contribution in [1.82, 2.24) is 19.9 Å². The molecule has 1 fully saturated rings. The van der Waals surface area contributed by atoms with Crippen LogP contribution in [0.2, 0.25) is 0 Å². The van der Waals surface area contributed by atoms with Crippen molar-refractivity contribution in [2.24, 2.45) is 5.92 Å². The van der Waals surface area contributed by atoms with Crippen LogP contribution in [0.3, 0.4) is 0 Å². The number of hydrogen-bond acceptors (Lipinski definition) is 5. The molecule has 0 spiro atoms. The van der Waals surface area contributed by atoms with Crippen LogP contribution in [0.25, 0.3) is 11.5 Å². The molecule has 1 N–H and O–H groups in total. The molecule has 1 amide bonds. The second kappa shape index (κ2) is 7.96. The Morgan fingerprint density at radius 3 is 2.66 bits per heavy atom. The van der Waals surface area contributed by atoms with Crippen LogP contribution in [0.5, 0.6) is 0 Å². The first-order valence-electron chi connectivity index (χ1n) is 9.83. The number of nitrogens with one attached hydrogen (secondary N) is 1. The fourth-order valence-electron chi connectivity index (χ4n) is 3.95. The van der Waals surface area contributed by atoms with Crippen LogP contribution in [0.15, 0.2) is 24.4 Å². The van der Waals surface area contributed by atoms with E-state index in [0.717, 1.165) is 41.2 Å². The number of carbonyl (C=O) groups is 1. The van der Waals surface area contributed by atoms with Gasteiger partial charge >= 0.3 is 12.1 Å². The molecule has 1 saturated heterocycles. The normalized spacial score (nSPS) is 17.3. The van der Waals surface area contributed by atoms with Crippen molar-refractivity contribution in [3.8, 4) is 11.5 Å². The minimum atomic E-state index is -4.80. The third kappa shape index (κ3) is 4.33. The highest BCUT2D eigenvalue weighted by Crippen LogP contribution is 2.30. The van der Waals surface area contributed by atoms with Crippen LogP contribution in [-0.2, 0) is 17.6 Å². The zero-order chi connectivity index (χ0) is 20.4. The Labute approximate surface area is 166 Å². The quantitative estimate of drug-likeness (QED) is 0.846. The molecule has 0 saturated carbocycles. The number of likely N-dealkylation sites (tertiary alicyclic amines) is 1. The fourth-order valence-corrected chi connectivity index (χ4v) is 3.95. The fraction of sp³-hybridized carbons (Fsp3) is 0.500. The van der Waals surface area contributed by atoms with E-state index < -0.39 is 12.1 Å². The summed E-state index contributed by atoms with van der Waals surface area (Å²) in [7, 11) is 0. The van der Waals surface area contributed by atoms with Gasteiger partial charge in [0.2, 0.25) is 0 Å². The lowest BCUT2D eigenvalue weighted by molar-refractivity contribution is -0.186. The van der Waals surface area contributed by atoms with E-state index in [1.54, 1.807) is 6.20 Å². The number of halogens is 3. The number of hydrogen-bond donors (Lipinski definition) is 1. The molecule has 4 rings (SSSR count). The first kappa shape index (κ1) is 19.6. The largest absolute Gasteiger partial charge is 0.471 e. The van der Waals surface area contributed by atoms with E-state index in [9.17, 15) is 18.0 Å². The summed E-state index contributed by atoms with van der Waals surface area (Å²) in [5, 5.41) is 3.39. The molecule has 1 aliphatic carbocycles. The van der Waals surface area contributed by atoms with E-state index >= 15 is 0 Å². The van der Waals surface area contributed by atoms with E-state index in [1.165, 1.54) is 0 Å². The number of fused-ring (bicyclic) bond motifs is 1. The number of rotatable bonds is 4. The van der Waals surface area contributed by atoms with Crippen LogP contribution in [0, 0.1) is 5.92 Å². The average molecular weight is 405 g/mol. The van der Waals surface area contributed by atoms with Gasteiger partial charge in [0.1, 0.15) is 11.5 Å². The van der Waals surface area contributed by atoms with Crippen molar-refractivity contribution in [1.29, 1.82) is 0 Å². The number of pyridine rings is 1. The summed E-state index contributed by atoms with van der Waals surface area (Å²) in [5.74, 6) is -0.170. The number of nitrogens with zero attached hydrogens (tertiary/aromatic N) is 4. The van der Waals surface area contributed by atoms with Gasteiger partial charge in [-0.2, -0.15) is 13.2 Å². The van der Waals surface area contributed by atoms with Gasteiger partial charge in [0.25, 0.3) is 0 Å². The number of anilines is 1. The van der Waals surface area contributed by atoms with Gasteiger partial charge in [-0.25, -0.2) is 9.97 Å². The lowest BCUT2D eigenvalue weighted by atomic mass is 9.96. The number of aryl methyl sites for hydroxylation is 1. The van der Waals surface area contributed by atoms with Crippen LogP contribution >= 0.6 is 0 Å². The Balaban J connectivity index is 1.42. The number of aromatic nitrogens is 3. The Kier molecular flexibility index (Phi) is 5.38. The van der Waals surface area contributed by atoms with Gasteiger partial charge in [0.05, 0.1) is 0 Å². The molecule has 0 atom stereocenters. The minimum absolute atomic E-state index is 0.131. The zero-order valence-electron chi connectivity index (χ0n) is 15.9. The van der Waals surface area contributed by atoms with E-state index in [1.807, 2.05) is 18.2 Å². The third-order valence-corrected chi connectivity index (χ3v) is 5.53. The predicted molar refractivity (Wildman–Crippen MR) is 101 cm³/mol. The van der Waals surface area contributed by atoms with Gasteiger partial charge in [-0.3, -0.25) is 9.78 Å². The smallest absolute Gasteiger partial charge is 0.369 e. The molecular formula is C20H22F3N5O. The van der Waals surface area contributed by atoms with Gasteiger partial charge in [-0.15, -0.1) is 0 Å². The highest BCUT2D eigenvalue weighted by Gasteiger charge is 2.43. The highest BCUT2D eigenvalue weighted by atomic mass is 19.4. The standard InChI is InChI=1S/C20H22F3N5O/c21-20(22,23)19(29)28-10-7-13(8-11-28)12-25-17-14-4-3-6-15(14)26-18(27-17)16-5-1-2-9-24-16/h1-2,5,9,13H,3-4,6-8,10-12H2,(H,25,26,27). The SMILES string of the molecule is O=C(N1CCC(CNc2nc(-c3ccccn3)nc3c2CCC3)CC1)C(F)(F)F. The first-order chi connectivity index (χ1) is 13.9. The summed E-state index contributed by atoms with van der Waals surface area (Å²) in [6.45, 7) is 0.872. The lowest BCUT2D eigenvalue weighted by Crippen LogP contribution is -2.46. The number of amides is 1. The lowest BCUT2D eigenvalue weighted by Gasteiger charge is -2.32.